The summed E-state index contributed by atoms with van der Waals surface area (Å²) in [5, 5.41) is 8.62. The number of carboxylic acids is 1. The van der Waals surface area contributed by atoms with Crippen molar-refractivity contribution in [1.82, 2.24) is 0 Å². The summed E-state index contributed by atoms with van der Waals surface area (Å²) in [4.78, 5) is 9.51. The third-order valence-corrected chi connectivity index (χ3v) is 1.29. The van der Waals surface area contributed by atoms with Gasteiger partial charge >= 0.3 is 5.97 Å². The summed E-state index contributed by atoms with van der Waals surface area (Å²) in [5.41, 5.74) is 0. The van der Waals surface area contributed by atoms with Crippen molar-refractivity contribution in [3.63, 3.8) is 0 Å². The van der Waals surface area contributed by atoms with Crippen molar-refractivity contribution >= 4 is 17.6 Å². The number of hydrogen-bond acceptors (Lipinski definition) is 1. The van der Waals surface area contributed by atoms with Gasteiger partial charge in [-0.15, -0.1) is 0 Å². The Hall–Kier alpha value is -1.28. The van der Waals surface area contributed by atoms with Crippen LogP contribution in [0.3, 0.4) is 0 Å². The number of benzene rings is 1. The van der Waals surface area contributed by atoms with Crippen LogP contribution in [0.15, 0.2) is 42.5 Å². The Kier molecular flexibility index (Phi) is 6.65. The second-order valence-electron chi connectivity index (χ2n) is 2.13. The molecule has 0 saturated carbocycles. The molecule has 0 radical (unpaired) electrons. The van der Waals surface area contributed by atoms with Gasteiger partial charge in [0.1, 0.15) is 0 Å². The Morgan fingerprint density at radius 1 is 1.38 bits per heavy atom. The quantitative estimate of drug-likeness (QED) is 0.705. The minimum Gasteiger partial charge on any atom is -0.478 e. The maximum absolute atomic E-state index is 9.51. The van der Waals surface area contributed by atoms with E-state index >= 15 is 0 Å². The van der Waals surface area contributed by atoms with Gasteiger partial charge in [-0.1, -0.05) is 35.9 Å². The molecule has 70 valence electrons. The maximum Gasteiger partial charge on any atom is 0.327 e. The average molecular weight is 199 g/mol. The normalized spacial score (nSPS) is 9.08. The van der Waals surface area contributed by atoms with Gasteiger partial charge in [-0.25, -0.2) is 4.79 Å². The molecule has 0 aliphatic rings. The van der Waals surface area contributed by atoms with Gasteiger partial charge in [0.25, 0.3) is 0 Å². The van der Waals surface area contributed by atoms with Crippen LogP contribution < -0.4 is 0 Å². The van der Waals surface area contributed by atoms with Gasteiger partial charge in [0.2, 0.25) is 0 Å². The molecule has 0 aliphatic heterocycles. The fraction of sp³-hybridized carbons (Fsp3) is 0.100. The Bertz CT molecular complexity index is 268. The fourth-order valence-corrected chi connectivity index (χ4v) is 0.703. The molecular weight excluding hydrogens is 188 g/mol. The molecule has 0 bridgehead atoms. The average Bonchev–Trinajstić information content (AvgIpc) is 2.06. The van der Waals surface area contributed by atoms with Crippen molar-refractivity contribution in [1.29, 1.82) is 0 Å². The van der Waals surface area contributed by atoms with E-state index in [0.29, 0.717) is 0 Å². The molecule has 0 aliphatic carbocycles. The van der Waals surface area contributed by atoms with Crippen LogP contribution in [0.5, 0.6) is 0 Å². The zero-order valence-corrected chi connectivity index (χ0v) is 8.03. The van der Waals surface area contributed by atoms with Crippen molar-refractivity contribution in [3.8, 4) is 0 Å². The van der Waals surface area contributed by atoms with Gasteiger partial charge in [0, 0.05) is 11.1 Å². The first-order chi connectivity index (χ1) is 6.16. The molecule has 0 fully saturated rings. The Morgan fingerprint density at radius 3 is 2.08 bits per heavy atom. The zero-order chi connectivity index (χ0) is 10.1. The minimum atomic E-state index is -0.891. The fourth-order valence-electron chi connectivity index (χ4n) is 0.557. The van der Waals surface area contributed by atoms with Gasteiger partial charge in [0.05, 0.1) is 0 Å². The third-order valence-electron chi connectivity index (χ3n) is 1.04. The molecular formula is C10H11ClO2. The van der Waals surface area contributed by atoms with E-state index in [1.807, 2.05) is 30.3 Å². The summed E-state index contributed by atoms with van der Waals surface area (Å²) in [6.07, 6.45) is 2.56. The second kappa shape index (κ2) is 7.37. The van der Waals surface area contributed by atoms with Crippen molar-refractivity contribution in [2.24, 2.45) is 0 Å². The lowest BCUT2D eigenvalue weighted by atomic mass is 10.4. The van der Waals surface area contributed by atoms with Crippen LogP contribution in [-0.4, -0.2) is 11.1 Å². The topological polar surface area (TPSA) is 37.3 Å². The van der Waals surface area contributed by atoms with Gasteiger partial charge in [-0.05, 0) is 19.1 Å². The van der Waals surface area contributed by atoms with E-state index in [9.17, 15) is 4.79 Å². The Labute approximate surface area is 82.5 Å². The monoisotopic (exact) mass is 198 g/mol. The number of halogens is 1. The summed E-state index contributed by atoms with van der Waals surface area (Å²) in [6.45, 7) is 1.66. The predicted molar refractivity (Wildman–Crippen MR) is 53.9 cm³/mol. The highest BCUT2D eigenvalue weighted by Crippen LogP contribution is 2.03. The van der Waals surface area contributed by atoms with Crippen molar-refractivity contribution in [3.05, 3.63) is 47.5 Å². The van der Waals surface area contributed by atoms with E-state index in [-0.39, 0.29) is 0 Å². The Morgan fingerprint density at radius 2 is 1.92 bits per heavy atom. The molecule has 0 unspecified atom stereocenters. The number of allylic oxidation sites excluding steroid dienone is 1. The number of rotatable bonds is 1. The van der Waals surface area contributed by atoms with E-state index in [2.05, 4.69) is 0 Å². The lowest BCUT2D eigenvalue weighted by Crippen LogP contribution is -1.83. The van der Waals surface area contributed by atoms with Crippen LogP contribution in [0.1, 0.15) is 6.92 Å². The predicted octanol–water partition coefficient (Wildman–Crippen LogP) is 2.99. The van der Waals surface area contributed by atoms with Gasteiger partial charge in [-0.2, -0.15) is 0 Å². The number of aliphatic carboxylic acids is 1. The molecule has 2 nitrogen and oxygen atoms in total. The van der Waals surface area contributed by atoms with Gasteiger partial charge in [-0.3, -0.25) is 0 Å². The summed E-state index contributed by atoms with van der Waals surface area (Å²) < 4.78 is 0. The van der Waals surface area contributed by atoms with Gasteiger partial charge < -0.3 is 5.11 Å². The maximum atomic E-state index is 9.51. The molecule has 0 saturated heterocycles. The largest absolute Gasteiger partial charge is 0.478 e. The summed E-state index contributed by atoms with van der Waals surface area (Å²) in [5.74, 6) is -0.891. The number of hydrogen-bond donors (Lipinski definition) is 1. The third kappa shape index (κ3) is 8.63. The molecule has 13 heavy (non-hydrogen) atoms. The Balaban J connectivity index is 0.000000226. The summed E-state index contributed by atoms with van der Waals surface area (Å²) in [7, 11) is 0. The van der Waals surface area contributed by atoms with Crippen LogP contribution in [0.2, 0.25) is 5.02 Å². The lowest BCUT2D eigenvalue weighted by molar-refractivity contribution is -0.131. The minimum absolute atomic E-state index is 0.794. The van der Waals surface area contributed by atoms with Crippen LogP contribution >= 0.6 is 11.6 Å². The summed E-state index contributed by atoms with van der Waals surface area (Å²) in [6, 6.07) is 9.44. The van der Waals surface area contributed by atoms with Gasteiger partial charge in [0.15, 0.2) is 0 Å². The SMILES string of the molecule is CC=CC(=O)O.Clc1ccccc1. The van der Waals surface area contributed by atoms with E-state index in [1.165, 1.54) is 6.08 Å². The molecule has 0 amide bonds. The molecule has 0 heterocycles. The lowest BCUT2D eigenvalue weighted by Gasteiger charge is -1.80. The molecule has 1 aromatic rings. The number of carboxylic acid groups (broad SMARTS) is 1. The summed E-state index contributed by atoms with van der Waals surface area (Å²) >= 11 is 5.54. The molecule has 3 heteroatoms. The highest BCUT2D eigenvalue weighted by molar-refractivity contribution is 6.30. The van der Waals surface area contributed by atoms with E-state index in [0.717, 1.165) is 11.1 Å². The molecule has 1 N–H and O–H groups in total. The standard InChI is InChI=1S/C6H5Cl.C4H6O2/c7-6-4-2-1-3-5-6;1-2-3-4(5)6/h1-5H;2-3H,1H3,(H,5,6). The van der Waals surface area contributed by atoms with Crippen molar-refractivity contribution in [2.75, 3.05) is 0 Å². The van der Waals surface area contributed by atoms with E-state index in [1.54, 1.807) is 6.92 Å². The van der Waals surface area contributed by atoms with Crippen LogP contribution in [0, 0.1) is 0 Å². The first-order valence-corrected chi connectivity index (χ1v) is 4.10. The highest BCUT2D eigenvalue weighted by Gasteiger charge is 1.76. The van der Waals surface area contributed by atoms with Crippen LogP contribution in [0.25, 0.3) is 0 Å². The van der Waals surface area contributed by atoms with Crippen LogP contribution in [0.4, 0.5) is 0 Å². The van der Waals surface area contributed by atoms with Crippen molar-refractivity contribution in [2.45, 2.75) is 6.92 Å². The smallest absolute Gasteiger partial charge is 0.327 e. The molecule has 0 aromatic heterocycles. The van der Waals surface area contributed by atoms with E-state index in [4.69, 9.17) is 16.7 Å². The second-order valence-corrected chi connectivity index (χ2v) is 2.57. The highest BCUT2D eigenvalue weighted by atomic mass is 35.5. The molecule has 1 rings (SSSR count). The molecule has 0 spiro atoms. The number of carbonyl (C=O) groups is 1. The first-order valence-electron chi connectivity index (χ1n) is 3.73. The van der Waals surface area contributed by atoms with Crippen LogP contribution in [-0.2, 0) is 4.79 Å². The van der Waals surface area contributed by atoms with Crippen molar-refractivity contribution < 1.29 is 9.90 Å². The first kappa shape index (κ1) is 11.7. The van der Waals surface area contributed by atoms with E-state index < -0.39 is 5.97 Å². The zero-order valence-electron chi connectivity index (χ0n) is 7.27. The molecule has 1 aromatic carbocycles. The molecule has 0 atom stereocenters.